The van der Waals surface area contributed by atoms with Crippen molar-refractivity contribution >= 4 is 15.7 Å². The van der Waals surface area contributed by atoms with Crippen LogP contribution in [0.1, 0.15) is 31.4 Å². The van der Waals surface area contributed by atoms with E-state index in [1.165, 1.54) is 23.5 Å². The Kier molecular flexibility index (Phi) is 5.85. The lowest BCUT2D eigenvalue weighted by atomic mass is 10.1. The van der Waals surface area contributed by atoms with E-state index in [-0.39, 0.29) is 22.4 Å². The van der Waals surface area contributed by atoms with Gasteiger partial charge < -0.3 is 9.47 Å². The maximum absolute atomic E-state index is 13.2. The molecule has 1 saturated heterocycles. The molecule has 1 aliphatic heterocycles. The van der Waals surface area contributed by atoms with E-state index in [0.29, 0.717) is 19.6 Å². The van der Waals surface area contributed by atoms with Crippen molar-refractivity contribution < 1.29 is 22.8 Å². The molecule has 0 radical (unpaired) electrons. The van der Waals surface area contributed by atoms with Gasteiger partial charge in [-0.15, -0.1) is 0 Å². The summed E-state index contributed by atoms with van der Waals surface area (Å²) in [5.74, 6) is 0.748. The first-order chi connectivity index (χ1) is 13.4. The second kappa shape index (κ2) is 8.15. The van der Waals surface area contributed by atoms with Gasteiger partial charge in [-0.1, -0.05) is 12.1 Å². The van der Waals surface area contributed by atoms with Crippen molar-refractivity contribution in [3.05, 3.63) is 58.1 Å². The topological polar surface area (TPSA) is 99.0 Å². The minimum absolute atomic E-state index is 0.0217. The van der Waals surface area contributed by atoms with Crippen LogP contribution in [0.5, 0.6) is 11.5 Å². The molecule has 0 amide bonds. The summed E-state index contributed by atoms with van der Waals surface area (Å²) in [7, 11) is -2.59. The largest absolute Gasteiger partial charge is 0.494 e. The average Bonchev–Trinajstić information content (AvgIpc) is 3.19. The van der Waals surface area contributed by atoms with Crippen LogP contribution in [-0.4, -0.2) is 37.9 Å². The van der Waals surface area contributed by atoms with Crippen LogP contribution in [-0.2, 0) is 10.0 Å². The average molecular weight is 406 g/mol. The van der Waals surface area contributed by atoms with Gasteiger partial charge in [-0.2, -0.15) is 4.31 Å². The van der Waals surface area contributed by atoms with E-state index in [1.54, 1.807) is 0 Å². The van der Waals surface area contributed by atoms with E-state index in [4.69, 9.17) is 9.47 Å². The number of nitrogens with zero attached hydrogens (tertiary/aromatic N) is 2. The van der Waals surface area contributed by atoms with Crippen molar-refractivity contribution in [3.63, 3.8) is 0 Å². The first kappa shape index (κ1) is 20.1. The second-order valence-corrected chi connectivity index (χ2v) is 8.26. The van der Waals surface area contributed by atoms with Gasteiger partial charge in [-0.3, -0.25) is 10.1 Å². The molecule has 150 valence electrons. The number of hydrogen-bond donors (Lipinski definition) is 0. The molecule has 3 rings (SSSR count). The van der Waals surface area contributed by atoms with E-state index in [9.17, 15) is 18.5 Å². The monoisotopic (exact) mass is 406 g/mol. The Hall–Kier alpha value is -2.65. The molecule has 2 aromatic rings. The van der Waals surface area contributed by atoms with Crippen molar-refractivity contribution in [1.29, 1.82) is 0 Å². The Morgan fingerprint density at radius 2 is 1.93 bits per heavy atom. The van der Waals surface area contributed by atoms with Crippen molar-refractivity contribution in [2.75, 3.05) is 20.3 Å². The molecule has 1 unspecified atom stereocenters. The third kappa shape index (κ3) is 3.81. The molecule has 0 aromatic heterocycles. The SMILES string of the molecule is CCOc1ccc(C2CCCN2S(=O)(=O)c2ccc(OC)c([N+](=O)[O-])c2)cc1. The molecule has 8 nitrogen and oxygen atoms in total. The first-order valence-electron chi connectivity index (χ1n) is 8.95. The van der Waals surface area contributed by atoms with Gasteiger partial charge in [0, 0.05) is 12.6 Å². The van der Waals surface area contributed by atoms with E-state index in [0.717, 1.165) is 23.8 Å². The summed E-state index contributed by atoms with van der Waals surface area (Å²) in [6.07, 6.45) is 1.40. The summed E-state index contributed by atoms with van der Waals surface area (Å²) in [4.78, 5) is 10.5. The Morgan fingerprint density at radius 3 is 2.54 bits per heavy atom. The molecule has 1 atom stereocenters. The molecule has 9 heteroatoms. The van der Waals surface area contributed by atoms with Crippen LogP contribution in [0.3, 0.4) is 0 Å². The second-order valence-electron chi connectivity index (χ2n) is 6.37. The van der Waals surface area contributed by atoms with Gasteiger partial charge in [-0.25, -0.2) is 8.42 Å². The highest BCUT2D eigenvalue weighted by atomic mass is 32.2. The minimum atomic E-state index is -3.90. The molecule has 1 heterocycles. The molecule has 2 aromatic carbocycles. The Bertz CT molecular complexity index is 959. The highest BCUT2D eigenvalue weighted by molar-refractivity contribution is 7.89. The van der Waals surface area contributed by atoms with Crippen LogP contribution < -0.4 is 9.47 Å². The van der Waals surface area contributed by atoms with E-state index >= 15 is 0 Å². The molecule has 0 saturated carbocycles. The number of sulfonamides is 1. The maximum atomic E-state index is 13.2. The molecular weight excluding hydrogens is 384 g/mol. The summed E-state index contributed by atoms with van der Waals surface area (Å²) in [5, 5.41) is 11.3. The Balaban J connectivity index is 1.94. The van der Waals surface area contributed by atoms with Gasteiger partial charge >= 0.3 is 5.69 Å². The fourth-order valence-electron chi connectivity index (χ4n) is 3.42. The van der Waals surface area contributed by atoms with Gasteiger partial charge in [-0.05, 0) is 49.6 Å². The summed E-state index contributed by atoms with van der Waals surface area (Å²) in [5.41, 5.74) is 0.493. The van der Waals surface area contributed by atoms with Crippen molar-refractivity contribution in [2.45, 2.75) is 30.7 Å². The molecule has 1 fully saturated rings. The summed E-state index contributed by atoms with van der Waals surface area (Å²) < 4.78 is 38.2. The van der Waals surface area contributed by atoms with Crippen molar-refractivity contribution in [3.8, 4) is 11.5 Å². The summed E-state index contributed by atoms with van der Waals surface area (Å²) in [6, 6.07) is 10.8. The number of nitro benzene ring substituents is 1. The number of methoxy groups -OCH3 is 1. The highest BCUT2D eigenvalue weighted by Crippen LogP contribution is 2.38. The van der Waals surface area contributed by atoms with E-state index in [2.05, 4.69) is 0 Å². The predicted octanol–water partition coefficient (Wildman–Crippen LogP) is 3.53. The van der Waals surface area contributed by atoms with Crippen LogP contribution in [0.4, 0.5) is 5.69 Å². The number of ether oxygens (including phenoxy) is 2. The number of rotatable bonds is 7. The molecule has 0 aliphatic carbocycles. The third-order valence-electron chi connectivity index (χ3n) is 4.73. The molecule has 28 heavy (non-hydrogen) atoms. The Morgan fingerprint density at radius 1 is 1.21 bits per heavy atom. The quantitative estimate of drug-likeness (QED) is 0.515. The van der Waals surface area contributed by atoms with Gasteiger partial charge in [0.1, 0.15) is 5.75 Å². The number of hydrogen-bond acceptors (Lipinski definition) is 6. The lowest BCUT2D eigenvalue weighted by Crippen LogP contribution is -2.30. The third-order valence-corrected chi connectivity index (χ3v) is 6.64. The van der Waals surface area contributed by atoms with Gasteiger partial charge in [0.2, 0.25) is 10.0 Å². The van der Waals surface area contributed by atoms with Crippen LogP contribution in [0.15, 0.2) is 47.4 Å². The van der Waals surface area contributed by atoms with Crippen molar-refractivity contribution in [2.24, 2.45) is 0 Å². The maximum Gasteiger partial charge on any atom is 0.312 e. The summed E-state index contributed by atoms with van der Waals surface area (Å²) >= 11 is 0. The van der Waals surface area contributed by atoms with Gasteiger partial charge in [0.25, 0.3) is 0 Å². The molecule has 0 N–H and O–H groups in total. The fourth-order valence-corrected chi connectivity index (χ4v) is 5.13. The van der Waals surface area contributed by atoms with Crippen LogP contribution in [0, 0.1) is 10.1 Å². The lowest BCUT2D eigenvalue weighted by molar-refractivity contribution is -0.386. The predicted molar refractivity (Wildman–Crippen MR) is 103 cm³/mol. The normalized spacial score (nSPS) is 17.4. The molecule has 0 spiro atoms. The zero-order valence-corrected chi connectivity index (χ0v) is 16.5. The first-order valence-corrected chi connectivity index (χ1v) is 10.4. The van der Waals surface area contributed by atoms with Crippen LogP contribution >= 0.6 is 0 Å². The lowest BCUT2D eigenvalue weighted by Gasteiger charge is -2.24. The van der Waals surface area contributed by atoms with E-state index < -0.39 is 14.9 Å². The van der Waals surface area contributed by atoms with Crippen molar-refractivity contribution in [1.82, 2.24) is 4.31 Å². The zero-order chi connectivity index (χ0) is 20.3. The number of nitro groups is 1. The highest BCUT2D eigenvalue weighted by Gasteiger charge is 2.37. The summed E-state index contributed by atoms with van der Waals surface area (Å²) in [6.45, 7) is 2.81. The zero-order valence-electron chi connectivity index (χ0n) is 15.7. The van der Waals surface area contributed by atoms with Crippen LogP contribution in [0.25, 0.3) is 0 Å². The Labute approximate surface area is 163 Å². The standard InChI is InChI=1S/C19H22N2O6S/c1-3-27-15-8-6-14(7-9-15)17-5-4-12-20(17)28(24,25)16-10-11-19(26-2)18(13-16)21(22)23/h6-11,13,17H,3-5,12H2,1-2H3. The van der Waals surface area contributed by atoms with Crippen LogP contribution in [0.2, 0.25) is 0 Å². The molecular formula is C19H22N2O6S. The minimum Gasteiger partial charge on any atom is -0.494 e. The van der Waals surface area contributed by atoms with Gasteiger partial charge in [0.15, 0.2) is 5.75 Å². The fraction of sp³-hybridized carbons (Fsp3) is 0.368. The number of benzene rings is 2. The molecule has 0 bridgehead atoms. The smallest absolute Gasteiger partial charge is 0.312 e. The van der Waals surface area contributed by atoms with Gasteiger partial charge in [0.05, 0.1) is 29.6 Å². The van der Waals surface area contributed by atoms with E-state index in [1.807, 2.05) is 31.2 Å². The molecule has 1 aliphatic rings.